The van der Waals surface area contributed by atoms with Crippen molar-refractivity contribution in [2.24, 2.45) is 5.73 Å². The van der Waals surface area contributed by atoms with Crippen LogP contribution in [-0.2, 0) is 12.1 Å². The van der Waals surface area contributed by atoms with Gasteiger partial charge >= 0.3 is 0 Å². The number of nitrogens with zero attached hydrogens (tertiary/aromatic N) is 2. The van der Waals surface area contributed by atoms with E-state index in [0.29, 0.717) is 0 Å². The van der Waals surface area contributed by atoms with E-state index < -0.39 is 0 Å². The zero-order chi connectivity index (χ0) is 14.4. The van der Waals surface area contributed by atoms with Crippen LogP contribution >= 0.6 is 0 Å². The number of rotatable bonds is 6. The van der Waals surface area contributed by atoms with Crippen molar-refractivity contribution in [3.63, 3.8) is 0 Å². The molecule has 0 bridgehead atoms. The van der Waals surface area contributed by atoms with Crippen molar-refractivity contribution in [2.45, 2.75) is 25.9 Å². The minimum Gasteiger partial charge on any atom is -0.321 e. The molecule has 0 aliphatic heterocycles. The fraction of sp³-hybridized carbons (Fsp3) is 0.353. The Kier molecular flexibility index (Phi) is 4.88. The number of hydrogen-bond donors (Lipinski definition) is 1. The summed E-state index contributed by atoms with van der Waals surface area (Å²) in [5.74, 6) is 0. The Morgan fingerprint density at radius 2 is 1.80 bits per heavy atom. The lowest BCUT2D eigenvalue weighted by Gasteiger charge is -2.32. The minimum atomic E-state index is -0.355. The van der Waals surface area contributed by atoms with Crippen molar-refractivity contribution in [1.29, 1.82) is 0 Å². The minimum absolute atomic E-state index is 0.355. The lowest BCUT2D eigenvalue weighted by molar-refractivity contribution is 0.217. The van der Waals surface area contributed by atoms with E-state index in [0.717, 1.165) is 25.3 Å². The molecule has 0 aliphatic rings. The average Bonchev–Trinajstić information content (AvgIpc) is 2.48. The van der Waals surface area contributed by atoms with Gasteiger partial charge in [0, 0.05) is 19.3 Å². The molecule has 0 saturated heterocycles. The van der Waals surface area contributed by atoms with Crippen LogP contribution in [0.5, 0.6) is 0 Å². The Hall–Kier alpha value is -1.71. The van der Waals surface area contributed by atoms with Gasteiger partial charge < -0.3 is 5.73 Å². The molecule has 1 aromatic carbocycles. The first kappa shape index (κ1) is 14.7. The maximum Gasteiger partial charge on any atom is 0.0543 e. The van der Waals surface area contributed by atoms with Crippen LogP contribution in [0.3, 0.4) is 0 Å². The van der Waals surface area contributed by atoms with Gasteiger partial charge in [-0.05, 0) is 31.2 Å². The molecule has 2 rings (SSSR count). The Morgan fingerprint density at radius 1 is 1.10 bits per heavy atom. The van der Waals surface area contributed by atoms with Crippen molar-refractivity contribution in [3.05, 3.63) is 66.0 Å². The second-order valence-corrected chi connectivity index (χ2v) is 5.41. The van der Waals surface area contributed by atoms with Gasteiger partial charge in [0.1, 0.15) is 0 Å². The lowest BCUT2D eigenvalue weighted by atomic mass is 9.92. The van der Waals surface area contributed by atoms with Gasteiger partial charge in [-0.15, -0.1) is 0 Å². The van der Waals surface area contributed by atoms with Crippen molar-refractivity contribution >= 4 is 0 Å². The highest BCUT2D eigenvalue weighted by Gasteiger charge is 2.23. The van der Waals surface area contributed by atoms with Crippen LogP contribution in [0.25, 0.3) is 0 Å². The van der Waals surface area contributed by atoms with Gasteiger partial charge in [0.25, 0.3) is 0 Å². The number of likely N-dealkylation sites (N-methyl/N-ethyl adjacent to an activating group) is 1. The monoisotopic (exact) mass is 269 g/mol. The zero-order valence-electron chi connectivity index (χ0n) is 12.3. The summed E-state index contributed by atoms with van der Waals surface area (Å²) in [6, 6.07) is 16.3. The van der Waals surface area contributed by atoms with E-state index in [9.17, 15) is 0 Å². The Balaban J connectivity index is 2.06. The number of benzene rings is 1. The van der Waals surface area contributed by atoms with E-state index in [1.165, 1.54) is 5.56 Å². The lowest BCUT2D eigenvalue weighted by Crippen LogP contribution is -2.45. The third-order valence-electron chi connectivity index (χ3n) is 3.54. The average molecular weight is 269 g/mol. The molecule has 1 aromatic heterocycles. The molecule has 106 valence electrons. The summed E-state index contributed by atoms with van der Waals surface area (Å²) in [6.45, 7) is 6.84. The third kappa shape index (κ3) is 3.89. The van der Waals surface area contributed by atoms with Gasteiger partial charge in [-0.2, -0.15) is 0 Å². The van der Waals surface area contributed by atoms with E-state index in [2.05, 4.69) is 41.9 Å². The summed E-state index contributed by atoms with van der Waals surface area (Å²) in [5.41, 5.74) is 8.40. The third-order valence-corrected chi connectivity index (χ3v) is 3.54. The second kappa shape index (κ2) is 6.64. The molecular weight excluding hydrogens is 246 g/mol. The van der Waals surface area contributed by atoms with Crippen LogP contribution in [0.4, 0.5) is 0 Å². The molecule has 0 spiro atoms. The van der Waals surface area contributed by atoms with Crippen molar-refractivity contribution in [2.75, 3.05) is 13.1 Å². The number of nitrogens with two attached hydrogens (primary N) is 1. The first-order valence-corrected chi connectivity index (χ1v) is 7.08. The predicted molar refractivity (Wildman–Crippen MR) is 83.2 cm³/mol. The van der Waals surface area contributed by atoms with E-state index >= 15 is 0 Å². The quantitative estimate of drug-likeness (QED) is 0.877. The molecule has 1 atom stereocenters. The second-order valence-electron chi connectivity index (χ2n) is 5.41. The van der Waals surface area contributed by atoms with E-state index in [1.54, 1.807) is 0 Å². The fourth-order valence-corrected chi connectivity index (χ4v) is 2.37. The predicted octanol–water partition coefficient (Wildman–Crippen LogP) is 2.78. The zero-order valence-corrected chi connectivity index (χ0v) is 12.3. The van der Waals surface area contributed by atoms with Crippen molar-refractivity contribution < 1.29 is 0 Å². The van der Waals surface area contributed by atoms with E-state index in [1.807, 2.05) is 36.5 Å². The Labute approximate surface area is 121 Å². The molecule has 1 heterocycles. The molecule has 3 nitrogen and oxygen atoms in total. The standard InChI is InChI=1S/C17H23N3/c1-3-20(13-16-11-7-8-12-19-16)14-17(2,18)15-9-5-4-6-10-15/h4-12H,3,13-14,18H2,1-2H3. The Bertz CT molecular complexity index is 508. The molecule has 3 heteroatoms. The number of hydrogen-bond acceptors (Lipinski definition) is 3. The van der Waals surface area contributed by atoms with E-state index in [-0.39, 0.29) is 5.54 Å². The normalized spacial score (nSPS) is 14.2. The van der Waals surface area contributed by atoms with Crippen LogP contribution in [0, 0.1) is 0 Å². The highest BCUT2D eigenvalue weighted by atomic mass is 15.1. The van der Waals surface area contributed by atoms with Crippen LogP contribution in [0.15, 0.2) is 54.7 Å². The van der Waals surface area contributed by atoms with Gasteiger partial charge in [0.2, 0.25) is 0 Å². The maximum absolute atomic E-state index is 6.51. The summed E-state index contributed by atoms with van der Waals surface area (Å²) >= 11 is 0. The van der Waals surface area contributed by atoms with Gasteiger partial charge in [-0.25, -0.2) is 0 Å². The first-order valence-electron chi connectivity index (χ1n) is 7.08. The molecule has 0 saturated carbocycles. The van der Waals surface area contributed by atoms with Crippen LogP contribution in [-0.4, -0.2) is 23.0 Å². The molecule has 0 fully saturated rings. The van der Waals surface area contributed by atoms with Crippen molar-refractivity contribution in [1.82, 2.24) is 9.88 Å². The first-order chi connectivity index (χ1) is 9.62. The highest BCUT2D eigenvalue weighted by molar-refractivity contribution is 5.23. The molecule has 2 aromatic rings. The van der Waals surface area contributed by atoms with Gasteiger partial charge in [-0.1, -0.05) is 43.3 Å². The van der Waals surface area contributed by atoms with Crippen molar-refractivity contribution in [3.8, 4) is 0 Å². The number of aromatic nitrogens is 1. The molecule has 0 radical (unpaired) electrons. The topological polar surface area (TPSA) is 42.2 Å². The van der Waals surface area contributed by atoms with Gasteiger partial charge in [-0.3, -0.25) is 9.88 Å². The molecule has 20 heavy (non-hydrogen) atoms. The van der Waals surface area contributed by atoms with Crippen LogP contribution < -0.4 is 5.73 Å². The van der Waals surface area contributed by atoms with Crippen LogP contribution in [0.1, 0.15) is 25.1 Å². The molecular formula is C17H23N3. The van der Waals surface area contributed by atoms with Gasteiger partial charge in [0.15, 0.2) is 0 Å². The summed E-state index contributed by atoms with van der Waals surface area (Å²) in [5, 5.41) is 0. The molecule has 2 N–H and O–H groups in total. The smallest absolute Gasteiger partial charge is 0.0543 e. The summed E-state index contributed by atoms with van der Waals surface area (Å²) in [7, 11) is 0. The molecule has 0 aliphatic carbocycles. The summed E-state index contributed by atoms with van der Waals surface area (Å²) in [6.07, 6.45) is 1.84. The summed E-state index contributed by atoms with van der Waals surface area (Å²) < 4.78 is 0. The maximum atomic E-state index is 6.51. The SMILES string of the molecule is CCN(Cc1ccccn1)CC(C)(N)c1ccccc1. The number of pyridine rings is 1. The molecule has 1 unspecified atom stereocenters. The fourth-order valence-electron chi connectivity index (χ4n) is 2.37. The molecule has 0 amide bonds. The highest BCUT2D eigenvalue weighted by Crippen LogP contribution is 2.19. The summed E-state index contributed by atoms with van der Waals surface area (Å²) in [4.78, 5) is 6.72. The van der Waals surface area contributed by atoms with Crippen LogP contribution in [0.2, 0.25) is 0 Å². The van der Waals surface area contributed by atoms with Gasteiger partial charge in [0.05, 0.1) is 11.2 Å². The Morgan fingerprint density at radius 3 is 2.40 bits per heavy atom. The largest absolute Gasteiger partial charge is 0.321 e. The van der Waals surface area contributed by atoms with E-state index in [4.69, 9.17) is 5.73 Å².